The van der Waals surface area contributed by atoms with E-state index in [1.165, 1.54) is 12.7 Å². The number of aromatic amines is 1. The number of nitrogens with one attached hydrogen (secondary N) is 3. The van der Waals surface area contributed by atoms with Gasteiger partial charge in [-0.15, -0.1) is 0 Å². The van der Waals surface area contributed by atoms with Gasteiger partial charge in [-0.2, -0.15) is 20.1 Å². The lowest BCUT2D eigenvalue weighted by molar-refractivity contribution is 0.142. The predicted molar refractivity (Wildman–Crippen MR) is 140 cm³/mol. The minimum absolute atomic E-state index is 0.0313. The Labute approximate surface area is 220 Å². The van der Waals surface area contributed by atoms with Crippen molar-refractivity contribution in [3.63, 3.8) is 0 Å². The second-order valence-electron chi connectivity index (χ2n) is 10.6. The van der Waals surface area contributed by atoms with Crippen molar-refractivity contribution in [2.75, 3.05) is 30.5 Å². The molecule has 6 rings (SSSR count). The highest BCUT2D eigenvalue weighted by Crippen LogP contribution is 2.43. The summed E-state index contributed by atoms with van der Waals surface area (Å²) >= 11 is 0. The highest BCUT2D eigenvalue weighted by Gasteiger charge is 2.47. The summed E-state index contributed by atoms with van der Waals surface area (Å²) in [6, 6.07) is 10.5. The smallest absolute Gasteiger partial charge is 0.322 e. The number of fused-ring (bicyclic) bond motifs is 1. The molecule has 1 saturated carbocycles. The standard InChI is InChI=1S/C26H33N9O3/c1-26(2)20-18(13-35(26)25(37)27-19-12-17(19)15-8-5-4-6-9-15)21(33-32-20)28-22-29-23(31-24(30-22)38-3)34-11-7-10-16(34)14-36/h4-6,8-9,16-17,19,36H,7,10-14H2,1-3H3,(H,27,37)(H2,28,29,30,31,32,33)/t16-,17-,19+/m0/s1. The fourth-order valence-electron chi connectivity index (χ4n) is 5.62. The zero-order valence-electron chi connectivity index (χ0n) is 21.8. The maximum Gasteiger partial charge on any atom is 0.322 e. The number of aliphatic hydroxyl groups excluding tert-OH is 1. The lowest BCUT2D eigenvalue weighted by Gasteiger charge is -2.32. The number of hydrogen-bond donors (Lipinski definition) is 4. The van der Waals surface area contributed by atoms with Crippen LogP contribution in [0.1, 0.15) is 55.8 Å². The van der Waals surface area contributed by atoms with Crippen LogP contribution < -0.4 is 20.3 Å². The van der Waals surface area contributed by atoms with E-state index in [-0.39, 0.29) is 36.7 Å². The molecule has 12 heteroatoms. The number of benzene rings is 1. The van der Waals surface area contributed by atoms with E-state index >= 15 is 0 Å². The van der Waals surface area contributed by atoms with Gasteiger partial charge in [0.05, 0.1) is 37.5 Å². The molecule has 1 saturated heterocycles. The van der Waals surface area contributed by atoms with Crippen molar-refractivity contribution in [1.29, 1.82) is 0 Å². The van der Waals surface area contributed by atoms with Gasteiger partial charge in [-0.1, -0.05) is 30.3 Å². The molecular formula is C26H33N9O3. The normalized spacial score (nSPS) is 23.3. The maximum absolute atomic E-state index is 13.3. The summed E-state index contributed by atoms with van der Waals surface area (Å²) in [5.74, 6) is 1.64. The van der Waals surface area contributed by atoms with Crippen LogP contribution in [0.2, 0.25) is 0 Å². The Bertz CT molecular complexity index is 1330. The summed E-state index contributed by atoms with van der Waals surface area (Å²) in [4.78, 5) is 30.5. The molecular weight excluding hydrogens is 486 g/mol. The van der Waals surface area contributed by atoms with Gasteiger partial charge in [0.2, 0.25) is 11.9 Å². The molecule has 3 aromatic rings. The summed E-state index contributed by atoms with van der Waals surface area (Å²) in [7, 11) is 1.50. The third-order valence-corrected chi connectivity index (χ3v) is 7.90. The first-order valence-electron chi connectivity index (χ1n) is 13.0. The molecule has 1 aliphatic carbocycles. The van der Waals surface area contributed by atoms with Crippen molar-refractivity contribution in [2.45, 2.75) is 63.2 Å². The van der Waals surface area contributed by atoms with E-state index in [0.717, 1.165) is 37.1 Å². The first-order valence-corrected chi connectivity index (χ1v) is 13.0. The van der Waals surface area contributed by atoms with Crippen molar-refractivity contribution in [1.82, 2.24) is 35.4 Å². The topological polar surface area (TPSA) is 144 Å². The number of H-pyrrole nitrogens is 1. The number of anilines is 3. The van der Waals surface area contributed by atoms with Gasteiger partial charge in [0.15, 0.2) is 5.82 Å². The average Bonchev–Trinajstić information content (AvgIpc) is 3.23. The summed E-state index contributed by atoms with van der Waals surface area (Å²) < 4.78 is 5.32. The molecule has 1 aromatic carbocycles. The summed E-state index contributed by atoms with van der Waals surface area (Å²) in [6.45, 7) is 5.19. The van der Waals surface area contributed by atoms with Crippen LogP contribution in [0.4, 0.5) is 22.5 Å². The van der Waals surface area contributed by atoms with Crippen LogP contribution in [0, 0.1) is 0 Å². The van der Waals surface area contributed by atoms with Crippen molar-refractivity contribution in [3.05, 3.63) is 47.2 Å². The lowest BCUT2D eigenvalue weighted by Crippen LogP contribution is -2.47. The van der Waals surface area contributed by atoms with Crippen molar-refractivity contribution in [3.8, 4) is 6.01 Å². The van der Waals surface area contributed by atoms with Gasteiger partial charge in [0, 0.05) is 24.1 Å². The number of ether oxygens (including phenoxy) is 1. The van der Waals surface area contributed by atoms with Gasteiger partial charge < -0.3 is 30.3 Å². The number of carbonyl (C=O) groups excluding carboxylic acids is 1. The minimum atomic E-state index is -0.574. The zero-order valence-corrected chi connectivity index (χ0v) is 21.8. The third kappa shape index (κ3) is 4.28. The molecule has 2 aromatic heterocycles. The van der Waals surface area contributed by atoms with E-state index in [4.69, 9.17) is 4.74 Å². The molecule has 0 bridgehead atoms. The number of nitrogens with zero attached hydrogens (tertiary/aromatic N) is 6. The van der Waals surface area contributed by atoms with Gasteiger partial charge in [-0.3, -0.25) is 5.10 Å². The fourth-order valence-corrected chi connectivity index (χ4v) is 5.62. The van der Waals surface area contributed by atoms with Gasteiger partial charge >= 0.3 is 12.0 Å². The second-order valence-corrected chi connectivity index (χ2v) is 10.6. The second kappa shape index (κ2) is 9.43. The molecule has 2 fully saturated rings. The molecule has 38 heavy (non-hydrogen) atoms. The van der Waals surface area contributed by atoms with Crippen molar-refractivity contribution in [2.24, 2.45) is 0 Å². The molecule has 2 amide bonds. The Kier molecular flexibility index (Phi) is 6.05. The number of methoxy groups -OCH3 is 1. The predicted octanol–water partition coefficient (Wildman–Crippen LogP) is 2.62. The molecule has 2 aliphatic heterocycles. The van der Waals surface area contributed by atoms with Gasteiger partial charge in [0.25, 0.3) is 0 Å². The molecule has 3 atom stereocenters. The molecule has 4 N–H and O–H groups in total. The SMILES string of the molecule is COc1nc(Nc2n[nH]c3c2CN(C(=O)N[C@@H]2C[C@H]2c2ccccc2)C3(C)C)nc(N2CCC[C@H]2CO)n1. The summed E-state index contributed by atoms with van der Waals surface area (Å²) in [5, 5.41) is 23.8. The summed E-state index contributed by atoms with van der Waals surface area (Å²) in [5.41, 5.74) is 2.43. The highest BCUT2D eigenvalue weighted by atomic mass is 16.5. The zero-order chi connectivity index (χ0) is 26.4. The number of aromatic nitrogens is 5. The Balaban J connectivity index is 1.19. The highest BCUT2D eigenvalue weighted by molar-refractivity contribution is 5.78. The van der Waals surface area contributed by atoms with Crippen molar-refractivity contribution < 1.29 is 14.6 Å². The summed E-state index contributed by atoms with van der Waals surface area (Å²) in [6.07, 6.45) is 2.77. The largest absolute Gasteiger partial charge is 0.467 e. The minimum Gasteiger partial charge on any atom is -0.467 e. The van der Waals surface area contributed by atoms with Crippen LogP contribution in [-0.4, -0.2) is 73.5 Å². The van der Waals surface area contributed by atoms with E-state index in [1.807, 2.05) is 41.8 Å². The molecule has 0 radical (unpaired) electrons. The first kappa shape index (κ1) is 24.4. The van der Waals surface area contributed by atoms with Crippen LogP contribution in [0.25, 0.3) is 0 Å². The quantitative estimate of drug-likeness (QED) is 0.370. The van der Waals surface area contributed by atoms with E-state index in [0.29, 0.717) is 24.2 Å². The van der Waals surface area contributed by atoms with Gasteiger partial charge in [-0.25, -0.2) is 4.79 Å². The van der Waals surface area contributed by atoms with Crippen molar-refractivity contribution >= 4 is 23.7 Å². The third-order valence-electron chi connectivity index (χ3n) is 7.90. The van der Waals surface area contributed by atoms with E-state index < -0.39 is 5.54 Å². The Morgan fingerprint density at radius 3 is 2.82 bits per heavy atom. The van der Waals surface area contributed by atoms with Crippen LogP contribution in [0.3, 0.4) is 0 Å². The van der Waals surface area contributed by atoms with Gasteiger partial charge in [0.1, 0.15) is 0 Å². The Morgan fingerprint density at radius 2 is 2.05 bits per heavy atom. The average molecular weight is 520 g/mol. The monoisotopic (exact) mass is 519 g/mol. The number of hydrogen-bond acceptors (Lipinski definition) is 9. The lowest BCUT2D eigenvalue weighted by atomic mass is 10.0. The molecule has 0 spiro atoms. The van der Waals surface area contributed by atoms with Crippen LogP contribution in [0.5, 0.6) is 6.01 Å². The number of urea groups is 1. The fraction of sp³-hybridized carbons (Fsp3) is 0.500. The number of amides is 2. The molecule has 3 aliphatic rings. The Hall–Kier alpha value is -3.93. The molecule has 200 valence electrons. The van der Waals surface area contributed by atoms with Crippen LogP contribution >= 0.6 is 0 Å². The van der Waals surface area contributed by atoms with E-state index in [9.17, 15) is 9.90 Å². The van der Waals surface area contributed by atoms with Crippen LogP contribution in [0.15, 0.2) is 30.3 Å². The van der Waals surface area contributed by atoms with Crippen LogP contribution in [-0.2, 0) is 12.1 Å². The Morgan fingerprint density at radius 1 is 1.24 bits per heavy atom. The number of rotatable bonds is 7. The maximum atomic E-state index is 13.3. The van der Waals surface area contributed by atoms with E-state index in [2.05, 4.69) is 47.9 Å². The number of carbonyl (C=O) groups is 1. The van der Waals surface area contributed by atoms with E-state index in [1.54, 1.807) is 0 Å². The number of aliphatic hydroxyl groups is 1. The molecule has 4 heterocycles. The first-order chi connectivity index (χ1) is 18.4. The van der Waals surface area contributed by atoms with Gasteiger partial charge in [-0.05, 0) is 38.7 Å². The molecule has 12 nitrogen and oxygen atoms in total. The molecule has 0 unspecified atom stereocenters.